The van der Waals surface area contributed by atoms with Gasteiger partial charge in [-0.05, 0) is 30.3 Å². The zero-order chi connectivity index (χ0) is 13.1. The highest BCUT2D eigenvalue weighted by Crippen LogP contribution is 2.18. The molecule has 0 fully saturated rings. The minimum Gasteiger partial charge on any atom is -0.399 e. The Morgan fingerprint density at radius 2 is 2.16 bits per heavy atom. The van der Waals surface area contributed by atoms with Crippen LogP contribution in [0.5, 0.6) is 0 Å². The monoisotopic (exact) mass is 270 g/mol. The molecular weight excluding hydrogens is 256 g/mol. The normalized spacial score (nSPS) is 10.7. The van der Waals surface area contributed by atoms with Crippen LogP contribution < -0.4 is 11.1 Å². The van der Waals surface area contributed by atoms with Gasteiger partial charge >= 0.3 is 0 Å². The predicted molar refractivity (Wildman–Crippen MR) is 80.5 cm³/mol. The largest absolute Gasteiger partial charge is 0.399 e. The van der Waals surface area contributed by atoms with Gasteiger partial charge in [-0.25, -0.2) is 9.97 Å². The lowest BCUT2D eigenvalue weighted by Crippen LogP contribution is -2.06. The molecule has 96 valence electrons. The maximum Gasteiger partial charge on any atom is 0.126 e. The second-order valence-corrected chi connectivity index (χ2v) is 5.23. The van der Waals surface area contributed by atoms with Gasteiger partial charge in [-0.15, -0.1) is 11.3 Å². The zero-order valence-electron chi connectivity index (χ0n) is 10.3. The molecule has 0 aliphatic heterocycles. The molecule has 0 radical (unpaired) electrons. The van der Waals surface area contributed by atoms with Crippen LogP contribution in [0.1, 0.15) is 5.01 Å². The lowest BCUT2D eigenvalue weighted by molar-refractivity contribution is 0.990. The van der Waals surface area contributed by atoms with Gasteiger partial charge in [-0.1, -0.05) is 0 Å². The van der Waals surface area contributed by atoms with Crippen molar-refractivity contribution in [1.29, 1.82) is 0 Å². The van der Waals surface area contributed by atoms with Crippen molar-refractivity contribution in [3.63, 3.8) is 0 Å². The van der Waals surface area contributed by atoms with Gasteiger partial charge < -0.3 is 11.1 Å². The minimum absolute atomic E-state index is 0.763. The number of rotatable bonds is 4. The molecule has 3 rings (SSSR count). The number of nitrogens with two attached hydrogens (primary N) is 1. The van der Waals surface area contributed by atoms with Crippen molar-refractivity contribution < 1.29 is 0 Å². The van der Waals surface area contributed by atoms with Crippen molar-refractivity contribution in [2.24, 2.45) is 0 Å². The average Bonchev–Trinajstić information content (AvgIpc) is 2.92. The van der Waals surface area contributed by atoms with Crippen molar-refractivity contribution in [2.75, 3.05) is 17.6 Å². The van der Waals surface area contributed by atoms with Crippen molar-refractivity contribution in [3.05, 3.63) is 46.9 Å². The van der Waals surface area contributed by atoms with Crippen LogP contribution in [-0.4, -0.2) is 16.5 Å². The summed E-state index contributed by atoms with van der Waals surface area (Å²) in [5.74, 6) is 0.883. The lowest BCUT2D eigenvalue weighted by Gasteiger charge is -2.06. The Morgan fingerprint density at radius 1 is 1.21 bits per heavy atom. The summed E-state index contributed by atoms with van der Waals surface area (Å²) in [5.41, 5.74) is 7.46. The molecule has 2 heterocycles. The lowest BCUT2D eigenvalue weighted by atomic mass is 10.2. The highest BCUT2D eigenvalue weighted by Gasteiger charge is 2.00. The van der Waals surface area contributed by atoms with E-state index in [4.69, 9.17) is 5.73 Å². The molecule has 0 unspecified atom stereocenters. The molecule has 3 aromatic rings. The summed E-state index contributed by atoms with van der Waals surface area (Å²) in [7, 11) is 0. The zero-order valence-corrected chi connectivity index (χ0v) is 11.2. The van der Waals surface area contributed by atoms with Gasteiger partial charge in [0.2, 0.25) is 0 Å². The van der Waals surface area contributed by atoms with Crippen LogP contribution in [-0.2, 0) is 6.42 Å². The maximum atomic E-state index is 5.75. The molecule has 5 heteroatoms. The molecule has 0 bridgehead atoms. The van der Waals surface area contributed by atoms with Gasteiger partial charge in [0.15, 0.2) is 0 Å². The fourth-order valence-corrected chi connectivity index (χ4v) is 2.54. The Labute approximate surface area is 115 Å². The first kappa shape index (κ1) is 11.9. The maximum absolute atomic E-state index is 5.75. The Bertz CT molecular complexity index is 679. The van der Waals surface area contributed by atoms with Gasteiger partial charge in [-0.2, -0.15) is 0 Å². The Morgan fingerprint density at radius 3 is 3.00 bits per heavy atom. The molecule has 0 aliphatic carbocycles. The molecule has 0 aliphatic rings. The van der Waals surface area contributed by atoms with Crippen molar-refractivity contribution in [3.8, 4) is 0 Å². The molecule has 0 saturated carbocycles. The summed E-state index contributed by atoms with van der Waals surface area (Å²) in [6, 6.07) is 9.75. The topological polar surface area (TPSA) is 63.8 Å². The number of hydrogen-bond donors (Lipinski definition) is 2. The van der Waals surface area contributed by atoms with Crippen LogP contribution in [0.2, 0.25) is 0 Å². The smallest absolute Gasteiger partial charge is 0.126 e. The fourth-order valence-electron chi connectivity index (χ4n) is 1.92. The highest BCUT2D eigenvalue weighted by atomic mass is 32.1. The van der Waals surface area contributed by atoms with Gasteiger partial charge in [0.05, 0.1) is 10.5 Å². The molecule has 0 spiro atoms. The van der Waals surface area contributed by atoms with E-state index in [-0.39, 0.29) is 0 Å². The molecule has 0 saturated heterocycles. The third kappa shape index (κ3) is 2.82. The standard InChI is InChI=1S/C14H14N4S/c15-11-2-3-12-10(9-11)1-4-13(18-12)16-6-5-14-17-7-8-19-14/h1-4,7-9H,5-6,15H2,(H,16,18). The van der Waals surface area contributed by atoms with E-state index in [9.17, 15) is 0 Å². The fraction of sp³-hybridized carbons (Fsp3) is 0.143. The van der Waals surface area contributed by atoms with Crippen LogP contribution in [0.3, 0.4) is 0 Å². The summed E-state index contributed by atoms with van der Waals surface area (Å²) >= 11 is 1.68. The van der Waals surface area contributed by atoms with Crippen LogP contribution >= 0.6 is 11.3 Å². The number of nitrogen functional groups attached to an aromatic ring is 1. The second kappa shape index (κ2) is 5.24. The summed E-state index contributed by atoms with van der Waals surface area (Å²) in [4.78, 5) is 8.80. The van der Waals surface area contributed by atoms with Gasteiger partial charge in [0, 0.05) is 35.6 Å². The van der Waals surface area contributed by atoms with E-state index < -0.39 is 0 Å². The minimum atomic E-state index is 0.763. The van der Waals surface area contributed by atoms with Crippen molar-refractivity contribution in [1.82, 2.24) is 9.97 Å². The first-order valence-electron chi connectivity index (χ1n) is 6.10. The number of hydrogen-bond acceptors (Lipinski definition) is 5. The molecule has 19 heavy (non-hydrogen) atoms. The number of nitrogens with zero attached hydrogens (tertiary/aromatic N) is 2. The Hall–Kier alpha value is -2.14. The second-order valence-electron chi connectivity index (χ2n) is 4.25. The van der Waals surface area contributed by atoms with E-state index in [1.807, 2.05) is 41.9 Å². The van der Waals surface area contributed by atoms with Crippen molar-refractivity contribution in [2.45, 2.75) is 6.42 Å². The summed E-state index contributed by atoms with van der Waals surface area (Å²) < 4.78 is 0. The summed E-state index contributed by atoms with van der Waals surface area (Å²) in [6.07, 6.45) is 2.75. The van der Waals surface area contributed by atoms with Gasteiger partial charge in [-0.3, -0.25) is 0 Å². The van der Waals surface area contributed by atoms with E-state index in [0.29, 0.717) is 0 Å². The number of benzene rings is 1. The Kier molecular flexibility index (Phi) is 3.29. The number of pyridine rings is 1. The third-order valence-electron chi connectivity index (χ3n) is 2.84. The quantitative estimate of drug-likeness (QED) is 0.715. The van der Waals surface area contributed by atoms with Crippen molar-refractivity contribution >= 4 is 33.7 Å². The summed E-state index contributed by atoms with van der Waals surface area (Å²) in [6.45, 7) is 0.834. The molecule has 0 atom stereocenters. The van der Waals surface area contributed by atoms with E-state index >= 15 is 0 Å². The molecule has 1 aromatic carbocycles. The third-order valence-corrected chi connectivity index (χ3v) is 3.68. The van der Waals surface area contributed by atoms with Crippen LogP contribution in [0.4, 0.5) is 11.5 Å². The van der Waals surface area contributed by atoms with Crippen LogP contribution in [0.15, 0.2) is 41.9 Å². The van der Waals surface area contributed by atoms with Gasteiger partial charge in [0.25, 0.3) is 0 Å². The van der Waals surface area contributed by atoms with Crippen LogP contribution in [0.25, 0.3) is 10.9 Å². The van der Waals surface area contributed by atoms with Gasteiger partial charge in [0.1, 0.15) is 5.82 Å². The van der Waals surface area contributed by atoms with E-state index in [1.165, 1.54) is 0 Å². The van der Waals surface area contributed by atoms with Crippen LogP contribution in [0, 0.1) is 0 Å². The predicted octanol–water partition coefficient (Wildman–Crippen LogP) is 2.93. The van der Waals surface area contributed by atoms with E-state index in [0.717, 1.165) is 40.4 Å². The summed E-state index contributed by atoms with van der Waals surface area (Å²) in [5, 5.41) is 7.51. The average molecular weight is 270 g/mol. The molecule has 3 N–H and O–H groups in total. The van der Waals surface area contributed by atoms with E-state index in [2.05, 4.69) is 15.3 Å². The molecule has 4 nitrogen and oxygen atoms in total. The Balaban J connectivity index is 1.69. The first-order chi connectivity index (χ1) is 9.31. The number of thiazole rings is 1. The first-order valence-corrected chi connectivity index (χ1v) is 6.98. The molecule has 2 aromatic heterocycles. The number of aromatic nitrogens is 2. The molecular formula is C14H14N4S. The number of fused-ring (bicyclic) bond motifs is 1. The SMILES string of the molecule is Nc1ccc2nc(NCCc3nccs3)ccc2c1. The molecule has 0 amide bonds. The number of anilines is 2. The highest BCUT2D eigenvalue weighted by molar-refractivity contribution is 7.09. The van der Waals surface area contributed by atoms with E-state index in [1.54, 1.807) is 11.3 Å². The number of nitrogens with one attached hydrogen (secondary N) is 1.